The van der Waals surface area contributed by atoms with Crippen LogP contribution in [0.1, 0.15) is 28.9 Å². The number of amides is 1. The molecule has 1 heterocycles. The average Bonchev–Trinajstić information content (AvgIpc) is 2.80. The highest BCUT2D eigenvalue weighted by molar-refractivity contribution is 9.11. The van der Waals surface area contributed by atoms with E-state index < -0.39 is 0 Å². The zero-order valence-corrected chi connectivity index (χ0v) is 13.6. The van der Waals surface area contributed by atoms with Crippen molar-refractivity contribution >= 4 is 49.1 Å². The molecule has 0 aliphatic carbocycles. The maximum Gasteiger partial charge on any atom is 0.251 e. The molecule has 5 heteroatoms. The lowest BCUT2D eigenvalue weighted by Crippen LogP contribution is -2.26. The number of carbonyl (C=O) groups is 1. The summed E-state index contributed by atoms with van der Waals surface area (Å²) in [6.45, 7) is 1.98. The Hall–Kier alpha value is -0.650. The van der Waals surface area contributed by atoms with Crippen molar-refractivity contribution < 1.29 is 4.79 Å². The molecule has 1 amide bonds. The predicted molar refractivity (Wildman–Crippen MR) is 82.0 cm³/mol. The van der Waals surface area contributed by atoms with Gasteiger partial charge >= 0.3 is 0 Å². The van der Waals surface area contributed by atoms with Crippen LogP contribution >= 0.6 is 43.2 Å². The van der Waals surface area contributed by atoms with Gasteiger partial charge in [-0.3, -0.25) is 4.79 Å². The standard InChI is InChI=1S/C13H11Br2NOS/c1-8(9-2-3-18-7-9)16-13(17)10-4-11(14)6-12(15)5-10/h2-8H,1H3,(H,16,17). The third kappa shape index (κ3) is 3.43. The zero-order valence-electron chi connectivity index (χ0n) is 9.61. The normalized spacial score (nSPS) is 12.2. The molecule has 0 aliphatic rings. The number of rotatable bonds is 3. The van der Waals surface area contributed by atoms with Crippen molar-refractivity contribution in [3.63, 3.8) is 0 Å². The van der Waals surface area contributed by atoms with Crippen molar-refractivity contribution in [3.8, 4) is 0 Å². The van der Waals surface area contributed by atoms with E-state index in [0.29, 0.717) is 5.56 Å². The van der Waals surface area contributed by atoms with Gasteiger partial charge in [0.15, 0.2) is 0 Å². The molecule has 1 aromatic heterocycles. The van der Waals surface area contributed by atoms with Crippen molar-refractivity contribution in [1.82, 2.24) is 5.32 Å². The molecular formula is C13H11Br2NOS. The summed E-state index contributed by atoms with van der Waals surface area (Å²) >= 11 is 8.39. The van der Waals surface area contributed by atoms with Gasteiger partial charge in [0, 0.05) is 14.5 Å². The molecule has 0 aliphatic heterocycles. The Balaban J connectivity index is 2.12. The fraction of sp³-hybridized carbons (Fsp3) is 0.154. The molecule has 18 heavy (non-hydrogen) atoms. The SMILES string of the molecule is CC(NC(=O)c1cc(Br)cc(Br)c1)c1ccsc1. The van der Waals surface area contributed by atoms with Crippen molar-refractivity contribution in [2.24, 2.45) is 0 Å². The van der Waals surface area contributed by atoms with E-state index in [1.165, 1.54) is 0 Å². The highest BCUT2D eigenvalue weighted by Gasteiger charge is 2.12. The van der Waals surface area contributed by atoms with Crippen molar-refractivity contribution in [3.05, 3.63) is 55.1 Å². The number of benzene rings is 1. The van der Waals surface area contributed by atoms with Gasteiger partial charge in [0.1, 0.15) is 0 Å². The van der Waals surface area contributed by atoms with E-state index in [2.05, 4.69) is 37.2 Å². The minimum absolute atomic E-state index is 0.0153. The van der Waals surface area contributed by atoms with E-state index in [0.717, 1.165) is 14.5 Å². The summed E-state index contributed by atoms with van der Waals surface area (Å²) in [5.74, 6) is -0.0734. The van der Waals surface area contributed by atoms with Gasteiger partial charge in [-0.1, -0.05) is 31.9 Å². The molecule has 1 N–H and O–H groups in total. The molecule has 0 radical (unpaired) electrons. The molecule has 0 fully saturated rings. The molecule has 0 spiro atoms. The van der Waals surface area contributed by atoms with Crippen LogP contribution in [0.3, 0.4) is 0 Å². The van der Waals surface area contributed by atoms with Crippen LogP contribution in [0.25, 0.3) is 0 Å². The smallest absolute Gasteiger partial charge is 0.251 e. The first-order chi connectivity index (χ1) is 8.56. The number of hydrogen-bond donors (Lipinski definition) is 1. The molecule has 0 saturated heterocycles. The van der Waals surface area contributed by atoms with Gasteiger partial charge < -0.3 is 5.32 Å². The third-order valence-corrected chi connectivity index (χ3v) is 4.13. The molecule has 94 valence electrons. The predicted octanol–water partition coefficient (Wildman–Crippen LogP) is 4.76. The van der Waals surface area contributed by atoms with Gasteiger partial charge in [-0.05, 0) is 47.5 Å². The van der Waals surface area contributed by atoms with Gasteiger partial charge in [-0.25, -0.2) is 0 Å². The number of carbonyl (C=O) groups excluding carboxylic acids is 1. The number of nitrogens with one attached hydrogen (secondary N) is 1. The molecular weight excluding hydrogens is 378 g/mol. The second-order valence-electron chi connectivity index (χ2n) is 3.91. The van der Waals surface area contributed by atoms with E-state index in [1.54, 1.807) is 23.5 Å². The van der Waals surface area contributed by atoms with E-state index in [4.69, 9.17) is 0 Å². The highest BCUT2D eigenvalue weighted by atomic mass is 79.9. The minimum atomic E-state index is -0.0734. The lowest BCUT2D eigenvalue weighted by molar-refractivity contribution is 0.0940. The highest BCUT2D eigenvalue weighted by Crippen LogP contribution is 2.21. The Labute approximate surface area is 127 Å². The summed E-state index contributed by atoms with van der Waals surface area (Å²) in [4.78, 5) is 12.1. The van der Waals surface area contributed by atoms with Crippen LogP contribution < -0.4 is 5.32 Å². The fourth-order valence-electron chi connectivity index (χ4n) is 1.57. The first-order valence-electron chi connectivity index (χ1n) is 5.35. The summed E-state index contributed by atoms with van der Waals surface area (Å²) in [7, 11) is 0. The second-order valence-corrected chi connectivity index (χ2v) is 6.52. The summed E-state index contributed by atoms with van der Waals surface area (Å²) in [5, 5.41) is 7.03. The van der Waals surface area contributed by atoms with Crippen LogP contribution in [0.5, 0.6) is 0 Å². The lowest BCUT2D eigenvalue weighted by atomic mass is 10.1. The first-order valence-corrected chi connectivity index (χ1v) is 7.88. The van der Waals surface area contributed by atoms with E-state index in [1.807, 2.05) is 29.8 Å². The van der Waals surface area contributed by atoms with E-state index in [-0.39, 0.29) is 11.9 Å². The van der Waals surface area contributed by atoms with Crippen LogP contribution in [0.4, 0.5) is 0 Å². The Morgan fingerprint density at radius 2 is 1.94 bits per heavy atom. The average molecular weight is 389 g/mol. The molecule has 1 atom stereocenters. The topological polar surface area (TPSA) is 29.1 Å². The van der Waals surface area contributed by atoms with Crippen LogP contribution in [0.2, 0.25) is 0 Å². The van der Waals surface area contributed by atoms with Gasteiger partial charge in [0.25, 0.3) is 5.91 Å². The number of thiophene rings is 1. The Morgan fingerprint density at radius 3 is 2.50 bits per heavy atom. The van der Waals surface area contributed by atoms with Gasteiger partial charge in [-0.2, -0.15) is 11.3 Å². The van der Waals surface area contributed by atoms with Crippen molar-refractivity contribution in [2.45, 2.75) is 13.0 Å². The van der Waals surface area contributed by atoms with Crippen LogP contribution in [0, 0.1) is 0 Å². The van der Waals surface area contributed by atoms with E-state index in [9.17, 15) is 4.79 Å². The quantitative estimate of drug-likeness (QED) is 0.806. The molecule has 0 saturated carbocycles. The maximum absolute atomic E-state index is 12.1. The number of halogens is 2. The van der Waals surface area contributed by atoms with E-state index >= 15 is 0 Å². The Bertz CT molecular complexity index is 534. The van der Waals surface area contributed by atoms with Gasteiger partial charge in [0.2, 0.25) is 0 Å². The molecule has 1 unspecified atom stereocenters. The third-order valence-electron chi connectivity index (χ3n) is 2.52. The lowest BCUT2D eigenvalue weighted by Gasteiger charge is -2.13. The van der Waals surface area contributed by atoms with Gasteiger partial charge in [0.05, 0.1) is 6.04 Å². The summed E-state index contributed by atoms with van der Waals surface area (Å²) < 4.78 is 1.76. The first kappa shape index (κ1) is 13.8. The summed E-state index contributed by atoms with van der Waals surface area (Å²) in [5.41, 5.74) is 1.76. The zero-order chi connectivity index (χ0) is 13.1. The Morgan fingerprint density at radius 1 is 1.28 bits per heavy atom. The fourth-order valence-corrected chi connectivity index (χ4v) is 3.62. The van der Waals surface area contributed by atoms with Crippen LogP contribution in [-0.4, -0.2) is 5.91 Å². The van der Waals surface area contributed by atoms with Crippen molar-refractivity contribution in [2.75, 3.05) is 0 Å². The van der Waals surface area contributed by atoms with Crippen molar-refractivity contribution in [1.29, 1.82) is 0 Å². The Kier molecular flexibility index (Phi) is 4.59. The number of hydrogen-bond acceptors (Lipinski definition) is 2. The summed E-state index contributed by atoms with van der Waals surface area (Å²) in [6, 6.07) is 7.55. The maximum atomic E-state index is 12.1. The largest absolute Gasteiger partial charge is 0.345 e. The second kappa shape index (κ2) is 5.99. The van der Waals surface area contributed by atoms with Gasteiger partial charge in [-0.15, -0.1) is 0 Å². The molecule has 2 rings (SSSR count). The minimum Gasteiger partial charge on any atom is -0.345 e. The molecule has 2 aromatic rings. The molecule has 1 aromatic carbocycles. The molecule has 0 bridgehead atoms. The van der Waals surface area contributed by atoms with Crippen LogP contribution in [-0.2, 0) is 0 Å². The molecule has 2 nitrogen and oxygen atoms in total. The summed E-state index contributed by atoms with van der Waals surface area (Å²) in [6.07, 6.45) is 0. The monoisotopic (exact) mass is 387 g/mol. The van der Waals surface area contributed by atoms with Crippen LogP contribution in [0.15, 0.2) is 44.0 Å².